The Bertz CT molecular complexity index is 644. The van der Waals surface area contributed by atoms with Gasteiger partial charge in [0.2, 0.25) is 0 Å². The maximum atomic E-state index is 6.11. The maximum Gasteiger partial charge on any atom is 0.131 e. The van der Waals surface area contributed by atoms with Crippen LogP contribution in [0.15, 0.2) is 30.3 Å². The Hall–Kier alpha value is -1.36. The maximum absolute atomic E-state index is 6.11. The van der Waals surface area contributed by atoms with Gasteiger partial charge < -0.3 is 11.1 Å². The van der Waals surface area contributed by atoms with E-state index in [2.05, 4.69) is 10.3 Å². The third-order valence-electron chi connectivity index (χ3n) is 2.45. The molecule has 0 aliphatic carbocycles. The van der Waals surface area contributed by atoms with Crippen molar-refractivity contribution in [3.8, 4) is 0 Å². The highest BCUT2D eigenvalue weighted by Gasteiger charge is 2.07. The molecule has 0 bridgehead atoms. The number of pyridine rings is 1. The summed E-state index contributed by atoms with van der Waals surface area (Å²) in [4.78, 5) is 4.68. The van der Waals surface area contributed by atoms with Crippen LogP contribution in [0.1, 0.15) is 11.3 Å². The van der Waals surface area contributed by atoms with Gasteiger partial charge in [-0.15, -0.1) is 0 Å². The van der Waals surface area contributed by atoms with Crippen LogP contribution < -0.4 is 11.1 Å². The summed E-state index contributed by atoms with van der Waals surface area (Å²) in [5.41, 5.74) is 7.87. The van der Waals surface area contributed by atoms with Crippen LogP contribution in [0.3, 0.4) is 0 Å². The van der Waals surface area contributed by atoms with Crippen molar-refractivity contribution in [1.82, 2.24) is 4.98 Å². The van der Waals surface area contributed by atoms with Crippen LogP contribution in [-0.4, -0.2) is 9.97 Å². The zero-order chi connectivity index (χ0) is 14.0. The number of nitrogens with two attached hydrogens (primary N) is 1. The zero-order valence-electron chi connectivity index (χ0n) is 10.1. The largest absolute Gasteiger partial charge is 0.389 e. The van der Waals surface area contributed by atoms with E-state index in [9.17, 15) is 0 Å². The van der Waals surface area contributed by atoms with E-state index in [1.54, 1.807) is 18.2 Å². The SMILES string of the molecule is Cc1cc(C(N)=S)cc(Nc2cccc(Cl)c2Cl)n1. The molecule has 0 saturated carbocycles. The van der Waals surface area contributed by atoms with Crippen LogP contribution in [0.5, 0.6) is 0 Å². The van der Waals surface area contributed by atoms with Crippen LogP contribution in [-0.2, 0) is 0 Å². The van der Waals surface area contributed by atoms with Gasteiger partial charge in [0.25, 0.3) is 0 Å². The molecule has 2 aromatic rings. The fourth-order valence-electron chi connectivity index (χ4n) is 1.61. The first-order chi connectivity index (χ1) is 8.97. The highest BCUT2D eigenvalue weighted by atomic mass is 35.5. The summed E-state index contributed by atoms with van der Waals surface area (Å²) >= 11 is 17.0. The van der Waals surface area contributed by atoms with Crippen molar-refractivity contribution < 1.29 is 0 Å². The molecule has 1 aromatic carbocycles. The number of rotatable bonds is 3. The van der Waals surface area contributed by atoms with Crippen molar-refractivity contribution in [3.63, 3.8) is 0 Å². The average Bonchev–Trinajstić information content (AvgIpc) is 2.34. The molecule has 1 heterocycles. The zero-order valence-corrected chi connectivity index (χ0v) is 12.4. The summed E-state index contributed by atoms with van der Waals surface area (Å²) in [5.74, 6) is 0.618. The van der Waals surface area contributed by atoms with Gasteiger partial charge in [0, 0.05) is 11.3 Å². The second-order valence-electron chi connectivity index (χ2n) is 3.97. The highest BCUT2D eigenvalue weighted by molar-refractivity contribution is 7.80. The van der Waals surface area contributed by atoms with E-state index in [1.165, 1.54) is 0 Å². The van der Waals surface area contributed by atoms with Crippen LogP contribution in [0.25, 0.3) is 0 Å². The molecule has 0 amide bonds. The molecule has 3 N–H and O–H groups in total. The molecule has 0 fully saturated rings. The Morgan fingerprint density at radius 3 is 2.74 bits per heavy atom. The fourth-order valence-corrected chi connectivity index (χ4v) is 2.08. The van der Waals surface area contributed by atoms with E-state index in [-0.39, 0.29) is 0 Å². The molecule has 19 heavy (non-hydrogen) atoms. The molecule has 0 saturated heterocycles. The molecule has 1 aromatic heterocycles. The van der Waals surface area contributed by atoms with Crippen molar-refractivity contribution >= 4 is 51.9 Å². The Balaban J connectivity index is 2.38. The predicted octanol–water partition coefficient (Wildman–Crippen LogP) is 4.07. The van der Waals surface area contributed by atoms with Crippen molar-refractivity contribution in [2.24, 2.45) is 5.73 Å². The van der Waals surface area contributed by atoms with Crippen molar-refractivity contribution in [2.75, 3.05) is 5.32 Å². The van der Waals surface area contributed by atoms with Crippen molar-refractivity contribution in [2.45, 2.75) is 6.92 Å². The summed E-state index contributed by atoms with van der Waals surface area (Å²) < 4.78 is 0. The third-order valence-corrected chi connectivity index (χ3v) is 3.51. The normalized spacial score (nSPS) is 10.3. The van der Waals surface area contributed by atoms with E-state index in [0.29, 0.717) is 26.5 Å². The lowest BCUT2D eigenvalue weighted by Gasteiger charge is -2.10. The number of hydrogen-bond donors (Lipinski definition) is 2. The van der Waals surface area contributed by atoms with Crippen molar-refractivity contribution in [3.05, 3.63) is 51.6 Å². The number of nitrogens with one attached hydrogen (secondary N) is 1. The molecule has 0 radical (unpaired) electrons. The first kappa shape index (κ1) is 14.1. The summed E-state index contributed by atoms with van der Waals surface area (Å²) in [6.07, 6.45) is 0. The second kappa shape index (κ2) is 5.74. The standard InChI is InChI=1S/C13H11Cl2N3S/c1-7-5-8(13(16)19)6-11(17-7)18-10-4-2-3-9(14)12(10)15/h2-6H,1H3,(H2,16,19)(H,17,18). The quantitative estimate of drug-likeness (QED) is 0.839. The van der Waals surface area contributed by atoms with Gasteiger partial charge in [0.15, 0.2) is 0 Å². The van der Waals surface area contributed by atoms with Gasteiger partial charge in [0.05, 0.1) is 15.7 Å². The molecular weight excluding hydrogens is 301 g/mol. The minimum absolute atomic E-state index is 0.325. The minimum atomic E-state index is 0.325. The predicted molar refractivity (Wildman–Crippen MR) is 84.6 cm³/mol. The van der Waals surface area contributed by atoms with Gasteiger partial charge in [-0.3, -0.25) is 0 Å². The molecule has 0 aliphatic rings. The van der Waals surface area contributed by atoms with Gasteiger partial charge in [0.1, 0.15) is 10.8 Å². The minimum Gasteiger partial charge on any atom is -0.389 e. The third kappa shape index (κ3) is 3.35. The van der Waals surface area contributed by atoms with E-state index >= 15 is 0 Å². The van der Waals surface area contributed by atoms with Crippen LogP contribution in [0.2, 0.25) is 10.0 Å². The number of aromatic nitrogens is 1. The molecule has 2 rings (SSSR count). The molecule has 3 nitrogen and oxygen atoms in total. The Labute approximate surface area is 126 Å². The van der Waals surface area contributed by atoms with E-state index in [0.717, 1.165) is 11.3 Å². The Morgan fingerprint density at radius 1 is 1.32 bits per heavy atom. The van der Waals surface area contributed by atoms with E-state index in [4.69, 9.17) is 41.2 Å². The molecule has 0 unspecified atom stereocenters. The molecule has 0 spiro atoms. The van der Waals surface area contributed by atoms with Gasteiger partial charge in [-0.05, 0) is 31.2 Å². The number of benzene rings is 1. The number of thiocarbonyl (C=S) groups is 1. The number of aryl methyl sites for hydroxylation is 1. The molecule has 98 valence electrons. The van der Waals surface area contributed by atoms with Crippen LogP contribution in [0, 0.1) is 6.92 Å². The summed E-state index contributed by atoms with van der Waals surface area (Å²) in [5, 5.41) is 4.04. The lowest BCUT2D eigenvalue weighted by Crippen LogP contribution is -2.10. The smallest absolute Gasteiger partial charge is 0.131 e. The fraction of sp³-hybridized carbons (Fsp3) is 0.0769. The highest BCUT2D eigenvalue weighted by Crippen LogP contribution is 2.31. The van der Waals surface area contributed by atoms with Gasteiger partial charge in [-0.1, -0.05) is 41.5 Å². The van der Waals surface area contributed by atoms with Gasteiger partial charge in [-0.25, -0.2) is 4.98 Å². The van der Waals surface area contributed by atoms with E-state index < -0.39 is 0 Å². The lowest BCUT2D eigenvalue weighted by molar-refractivity contribution is 1.19. The van der Waals surface area contributed by atoms with Crippen LogP contribution >= 0.6 is 35.4 Å². The summed E-state index contributed by atoms with van der Waals surface area (Å²) in [7, 11) is 0. The van der Waals surface area contributed by atoms with Crippen LogP contribution in [0.4, 0.5) is 11.5 Å². The van der Waals surface area contributed by atoms with Crippen molar-refractivity contribution in [1.29, 1.82) is 0 Å². The molecule has 6 heteroatoms. The van der Waals surface area contributed by atoms with Gasteiger partial charge >= 0.3 is 0 Å². The number of anilines is 2. The first-order valence-electron chi connectivity index (χ1n) is 5.47. The van der Waals surface area contributed by atoms with Gasteiger partial charge in [-0.2, -0.15) is 0 Å². The average molecular weight is 312 g/mol. The Kier molecular flexibility index (Phi) is 4.24. The second-order valence-corrected chi connectivity index (χ2v) is 5.20. The number of hydrogen-bond acceptors (Lipinski definition) is 3. The number of nitrogens with zero attached hydrogens (tertiary/aromatic N) is 1. The van der Waals surface area contributed by atoms with E-state index in [1.807, 2.05) is 19.1 Å². The summed E-state index contributed by atoms with van der Waals surface area (Å²) in [6, 6.07) is 8.94. The first-order valence-corrected chi connectivity index (χ1v) is 6.63. The molecular formula is C13H11Cl2N3S. The summed E-state index contributed by atoms with van der Waals surface area (Å²) in [6.45, 7) is 1.87. The number of halogens is 2. The Morgan fingerprint density at radius 2 is 2.05 bits per heavy atom. The molecule has 0 aliphatic heterocycles. The monoisotopic (exact) mass is 311 g/mol. The lowest BCUT2D eigenvalue weighted by atomic mass is 10.2. The topological polar surface area (TPSA) is 50.9 Å². The molecule has 0 atom stereocenters.